The van der Waals surface area contributed by atoms with Gasteiger partial charge in [0, 0.05) is 32.1 Å². The number of carbonyl (C=O) groups excluding carboxylic acids is 2. The molecule has 7 heteroatoms. The zero-order valence-corrected chi connectivity index (χ0v) is 17.8. The molecule has 7 nitrogen and oxygen atoms in total. The van der Waals surface area contributed by atoms with Crippen LogP contribution in [-0.4, -0.2) is 86.0 Å². The molecule has 2 fully saturated rings. The van der Waals surface area contributed by atoms with Gasteiger partial charge in [0.1, 0.15) is 0 Å². The van der Waals surface area contributed by atoms with Gasteiger partial charge in [0.25, 0.3) is 5.91 Å². The summed E-state index contributed by atoms with van der Waals surface area (Å²) in [5.41, 5.74) is 0. The van der Waals surface area contributed by atoms with Gasteiger partial charge in [-0.3, -0.25) is 9.59 Å². The van der Waals surface area contributed by atoms with Crippen molar-refractivity contribution in [3.8, 4) is 11.5 Å². The monoisotopic (exact) mass is 403 g/mol. The Bertz CT molecular complexity index is 699. The SMILES string of the molecule is COc1ccccc1OCC(=O)N(CCC(=O)N(C)C1CCN(C)CC1)C1CC1. The highest BCUT2D eigenvalue weighted by atomic mass is 16.5. The first-order valence-corrected chi connectivity index (χ1v) is 10.5. The minimum atomic E-state index is -0.0758. The molecule has 0 aromatic heterocycles. The summed E-state index contributed by atoms with van der Waals surface area (Å²) in [6, 6.07) is 7.83. The fraction of sp³-hybridized carbons (Fsp3) is 0.636. The standard InChI is InChI=1S/C22H33N3O4/c1-23-13-10-17(11-14-23)24(2)21(26)12-15-25(18-8-9-18)22(27)16-29-20-7-5-4-6-19(20)28-3/h4-7,17-18H,8-16H2,1-3H3. The lowest BCUT2D eigenvalue weighted by Gasteiger charge is -2.35. The third kappa shape index (κ3) is 5.85. The number of nitrogens with zero attached hydrogens (tertiary/aromatic N) is 3. The first-order valence-electron chi connectivity index (χ1n) is 10.5. The number of para-hydroxylation sites is 2. The second-order valence-corrected chi connectivity index (χ2v) is 8.05. The number of rotatable bonds is 9. The lowest BCUT2D eigenvalue weighted by molar-refractivity contribution is -0.136. The third-order valence-corrected chi connectivity index (χ3v) is 5.92. The van der Waals surface area contributed by atoms with Crippen LogP contribution in [0, 0.1) is 0 Å². The summed E-state index contributed by atoms with van der Waals surface area (Å²) in [6.45, 7) is 2.45. The van der Waals surface area contributed by atoms with Crippen molar-refractivity contribution < 1.29 is 19.1 Å². The molecule has 3 rings (SSSR count). The van der Waals surface area contributed by atoms with Crippen molar-refractivity contribution in [1.82, 2.24) is 14.7 Å². The van der Waals surface area contributed by atoms with E-state index in [2.05, 4.69) is 11.9 Å². The lowest BCUT2D eigenvalue weighted by Crippen LogP contribution is -2.46. The van der Waals surface area contributed by atoms with Crippen molar-refractivity contribution >= 4 is 11.8 Å². The fourth-order valence-electron chi connectivity index (χ4n) is 3.84. The molecule has 160 valence electrons. The Labute approximate surface area is 173 Å². The molecule has 1 aliphatic carbocycles. The number of amides is 2. The highest BCUT2D eigenvalue weighted by Gasteiger charge is 2.33. The Morgan fingerprint density at radius 1 is 1.03 bits per heavy atom. The van der Waals surface area contributed by atoms with E-state index < -0.39 is 0 Å². The number of methoxy groups -OCH3 is 1. The van der Waals surface area contributed by atoms with Gasteiger partial charge >= 0.3 is 0 Å². The molecule has 29 heavy (non-hydrogen) atoms. The van der Waals surface area contributed by atoms with Crippen molar-refractivity contribution in [2.75, 3.05) is 47.4 Å². The molecule has 0 N–H and O–H groups in total. The van der Waals surface area contributed by atoms with Gasteiger partial charge in [-0.25, -0.2) is 0 Å². The van der Waals surface area contributed by atoms with E-state index in [9.17, 15) is 9.59 Å². The summed E-state index contributed by atoms with van der Waals surface area (Å²) in [5.74, 6) is 1.20. The summed E-state index contributed by atoms with van der Waals surface area (Å²) >= 11 is 0. The van der Waals surface area contributed by atoms with Crippen LogP contribution in [0.2, 0.25) is 0 Å². The van der Waals surface area contributed by atoms with Crippen LogP contribution in [0.15, 0.2) is 24.3 Å². The molecule has 0 bridgehead atoms. The summed E-state index contributed by atoms with van der Waals surface area (Å²) in [4.78, 5) is 31.4. The van der Waals surface area contributed by atoms with Gasteiger partial charge in [0.2, 0.25) is 5.91 Å². The third-order valence-electron chi connectivity index (χ3n) is 5.92. The van der Waals surface area contributed by atoms with Crippen LogP contribution in [0.1, 0.15) is 32.1 Å². The molecule has 1 saturated carbocycles. The Kier molecular flexibility index (Phi) is 7.36. The zero-order chi connectivity index (χ0) is 20.8. The molecule has 1 saturated heterocycles. The van der Waals surface area contributed by atoms with Gasteiger partial charge in [-0.1, -0.05) is 12.1 Å². The maximum atomic E-state index is 12.7. The van der Waals surface area contributed by atoms with Gasteiger partial charge in [0.15, 0.2) is 18.1 Å². The molecule has 1 aromatic rings. The average Bonchev–Trinajstić information content (AvgIpc) is 3.57. The van der Waals surface area contributed by atoms with Gasteiger partial charge in [-0.2, -0.15) is 0 Å². The van der Waals surface area contributed by atoms with Crippen LogP contribution in [-0.2, 0) is 9.59 Å². The average molecular weight is 404 g/mol. The summed E-state index contributed by atoms with van der Waals surface area (Å²) < 4.78 is 11.0. The maximum Gasteiger partial charge on any atom is 0.260 e. The first-order chi connectivity index (χ1) is 14.0. The van der Waals surface area contributed by atoms with E-state index >= 15 is 0 Å². The van der Waals surface area contributed by atoms with Crippen LogP contribution in [0.4, 0.5) is 0 Å². The second-order valence-electron chi connectivity index (χ2n) is 8.05. The first kappa shape index (κ1) is 21.4. The summed E-state index contributed by atoms with van der Waals surface area (Å²) in [6.07, 6.45) is 4.38. The van der Waals surface area contributed by atoms with E-state index in [0.717, 1.165) is 38.8 Å². The molecule has 2 amide bonds. The van der Waals surface area contributed by atoms with Crippen molar-refractivity contribution in [2.45, 2.75) is 44.2 Å². The zero-order valence-electron chi connectivity index (χ0n) is 17.8. The van der Waals surface area contributed by atoms with E-state index in [1.54, 1.807) is 19.2 Å². The molecular weight excluding hydrogens is 370 g/mol. The smallest absolute Gasteiger partial charge is 0.260 e. The van der Waals surface area contributed by atoms with Gasteiger partial charge in [-0.15, -0.1) is 0 Å². The van der Waals surface area contributed by atoms with Crippen molar-refractivity contribution in [3.05, 3.63) is 24.3 Å². The summed E-state index contributed by atoms with van der Waals surface area (Å²) in [5, 5.41) is 0. The Morgan fingerprint density at radius 3 is 2.31 bits per heavy atom. The van der Waals surface area contributed by atoms with Crippen LogP contribution >= 0.6 is 0 Å². The number of hydrogen-bond acceptors (Lipinski definition) is 5. The molecule has 1 heterocycles. The van der Waals surface area contributed by atoms with Crippen LogP contribution < -0.4 is 9.47 Å². The molecule has 1 aromatic carbocycles. The topological polar surface area (TPSA) is 62.3 Å². The normalized spacial score (nSPS) is 17.6. The number of piperidine rings is 1. The maximum absolute atomic E-state index is 12.7. The number of ether oxygens (including phenoxy) is 2. The van der Waals surface area contributed by atoms with E-state index in [0.29, 0.717) is 30.5 Å². The van der Waals surface area contributed by atoms with Gasteiger partial charge < -0.3 is 24.2 Å². The number of likely N-dealkylation sites (tertiary alicyclic amines) is 1. The van der Waals surface area contributed by atoms with E-state index in [1.165, 1.54) is 0 Å². The number of hydrogen-bond donors (Lipinski definition) is 0. The quantitative estimate of drug-likeness (QED) is 0.631. The Balaban J connectivity index is 1.49. The van der Waals surface area contributed by atoms with Crippen LogP contribution in [0.25, 0.3) is 0 Å². The highest BCUT2D eigenvalue weighted by Crippen LogP contribution is 2.29. The minimum Gasteiger partial charge on any atom is -0.493 e. The molecule has 2 aliphatic rings. The number of carbonyl (C=O) groups is 2. The molecule has 0 spiro atoms. The van der Waals surface area contributed by atoms with Crippen molar-refractivity contribution in [3.63, 3.8) is 0 Å². The largest absolute Gasteiger partial charge is 0.493 e. The van der Waals surface area contributed by atoms with Gasteiger partial charge in [0.05, 0.1) is 7.11 Å². The molecule has 0 atom stereocenters. The second kappa shape index (κ2) is 9.96. The summed E-state index contributed by atoms with van der Waals surface area (Å²) in [7, 11) is 5.59. The van der Waals surface area contributed by atoms with Crippen molar-refractivity contribution in [1.29, 1.82) is 0 Å². The number of benzene rings is 1. The van der Waals surface area contributed by atoms with E-state index in [4.69, 9.17) is 9.47 Å². The molecule has 0 unspecified atom stereocenters. The minimum absolute atomic E-state index is 0.0458. The van der Waals surface area contributed by atoms with E-state index in [-0.39, 0.29) is 24.5 Å². The Hall–Kier alpha value is -2.28. The lowest BCUT2D eigenvalue weighted by atomic mass is 10.0. The molecule has 1 aliphatic heterocycles. The van der Waals surface area contributed by atoms with Gasteiger partial charge in [-0.05, 0) is 58.0 Å². The predicted octanol–water partition coefficient (Wildman–Crippen LogP) is 2.01. The van der Waals surface area contributed by atoms with E-state index in [1.807, 2.05) is 29.0 Å². The molecule has 0 radical (unpaired) electrons. The highest BCUT2D eigenvalue weighted by molar-refractivity contribution is 5.80. The predicted molar refractivity (Wildman–Crippen MR) is 111 cm³/mol. The molecular formula is C22H33N3O4. The van der Waals surface area contributed by atoms with Crippen molar-refractivity contribution in [2.24, 2.45) is 0 Å². The Morgan fingerprint density at radius 2 is 1.69 bits per heavy atom. The fourth-order valence-corrected chi connectivity index (χ4v) is 3.84. The van der Waals surface area contributed by atoms with Crippen LogP contribution in [0.3, 0.4) is 0 Å². The van der Waals surface area contributed by atoms with Crippen LogP contribution in [0.5, 0.6) is 11.5 Å².